The number of quaternary nitrogens is 1. The Balaban J connectivity index is 1.67. The molecule has 0 aliphatic heterocycles. The van der Waals surface area contributed by atoms with Gasteiger partial charge in [-0.1, -0.05) is 46.3 Å². The highest BCUT2D eigenvalue weighted by Crippen LogP contribution is 2.71. The maximum absolute atomic E-state index is 14.1. The van der Waals surface area contributed by atoms with E-state index >= 15 is 0 Å². The second-order valence-electron chi connectivity index (χ2n) is 13.5. The van der Waals surface area contributed by atoms with E-state index in [0.717, 1.165) is 56.9 Å². The molecule has 0 radical (unpaired) electrons. The van der Waals surface area contributed by atoms with Crippen LogP contribution < -0.4 is 5.32 Å². The molecule has 0 saturated heterocycles. The lowest BCUT2D eigenvalue weighted by Crippen LogP contribution is -2.99. The van der Waals surface area contributed by atoms with Crippen molar-refractivity contribution in [1.29, 1.82) is 5.26 Å². The summed E-state index contributed by atoms with van der Waals surface area (Å²) in [4.78, 5) is 38.4. The summed E-state index contributed by atoms with van der Waals surface area (Å²) in [5.41, 5.74) is 0.552. The molecule has 2 N–H and O–H groups in total. The van der Waals surface area contributed by atoms with Crippen LogP contribution in [0.5, 0.6) is 0 Å². The van der Waals surface area contributed by atoms with E-state index < -0.39 is 5.41 Å². The van der Waals surface area contributed by atoms with E-state index in [-0.39, 0.29) is 56.7 Å². The third-order valence-electron chi connectivity index (χ3n) is 11.5. The molecule has 5 aliphatic carbocycles. The van der Waals surface area contributed by atoms with E-state index in [0.29, 0.717) is 6.42 Å². The zero-order valence-corrected chi connectivity index (χ0v) is 21.4. The zero-order chi connectivity index (χ0) is 24.7. The molecule has 7 unspecified atom stereocenters. The molecule has 0 aromatic rings. The maximum Gasteiger partial charge on any atom is 0.298 e. The van der Waals surface area contributed by atoms with E-state index in [1.807, 2.05) is 17.5 Å². The number of ketones is 2. The Morgan fingerprint density at radius 1 is 1.06 bits per heavy atom. The minimum Gasteiger partial charge on any atom is -0.295 e. The van der Waals surface area contributed by atoms with Crippen molar-refractivity contribution in [3.63, 3.8) is 0 Å². The first kappa shape index (κ1) is 23.7. The first-order valence-electron chi connectivity index (χ1n) is 13.1. The maximum atomic E-state index is 14.1. The fourth-order valence-electron chi connectivity index (χ4n) is 9.24. The van der Waals surface area contributed by atoms with Gasteiger partial charge in [0.1, 0.15) is 11.6 Å². The Morgan fingerprint density at radius 3 is 2.44 bits per heavy atom. The normalized spacial score (nSPS) is 47.1. The highest BCUT2D eigenvalue weighted by atomic mass is 16.1. The second kappa shape index (κ2) is 7.23. The lowest BCUT2D eigenvalue weighted by molar-refractivity contribution is -0.658. The number of rotatable bonds is 2. The Morgan fingerprint density at radius 2 is 1.76 bits per heavy atom. The molecular formula is C29H39N2O3+. The number of Topliss-reactive ketones (excluding diaryl/α,β-unsaturated/α-hetero) is 1. The molecule has 0 bridgehead atoms. The van der Waals surface area contributed by atoms with Gasteiger partial charge in [0.05, 0.1) is 5.57 Å². The Labute approximate surface area is 203 Å². The fraction of sp³-hybridized carbons (Fsp3) is 0.724. The third-order valence-corrected chi connectivity index (χ3v) is 11.5. The van der Waals surface area contributed by atoms with Crippen LogP contribution >= 0.6 is 0 Å². The first-order chi connectivity index (χ1) is 15.9. The highest BCUT2D eigenvalue weighted by molar-refractivity contribution is 6.01. The second-order valence-corrected chi connectivity index (χ2v) is 13.5. The molecule has 5 rings (SSSR count). The van der Waals surface area contributed by atoms with Gasteiger partial charge in [-0.05, 0) is 60.3 Å². The summed E-state index contributed by atoms with van der Waals surface area (Å²) in [6.45, 7) is 11.4. The fourth-order valence-corrected chi connectivity index (χ4v) is 9.24. The summed E-state index contributed by atoms with van der Waals surface area (Å²) >= 11 is 0. The molecule has 0 heterocycles. The largest absolute Gasteiger partial charge is 0.298 e. The molecule has 34 heavy (non-hydrogen) atoms. The molecule has 5 nitrogen and oxygen atoms in total. The Kier molecular flexibility index (Phi) is 5.03. The lowest BCUT2D eigenvalue weighted by Gasteiger charge is -2.67. The van der Waals surface area contributed by atoms with Crippen LogP contribution in [0.2, 0.25) is 0 Å². The number of carbonyl (C=O) groups is 3. The monoisotopic (exact) mass is 463 g/mol. The first-order valence-corrected chi connectivity index (χ1v) is 13.1. The number of nitrogens with zero attached hydrogens (tertiary/aromatic N) is 1. The van der Waals surface area contributed by atoms with Gasteiger partial charge in [0.15, 0.2) is 11.6 Å². The lowest BCUT2D eigenvalue weighted by atomic mass is 9.36. The van der Waals surface area contributed by atoms with Gasteiger partial charge in [-0.3, -0.25) is 14.9 Å². The number of hydrogen-bond acceptors (Lipinski definition) is 4. The molecule has 5 aliphatic rings. The Hall–Kier alpha value is -2.06. The number of nitriles is 1. The van der Waals surface area contributed by atoms with Crippen molar-refractivity contribution < 1.29 is 19.7 Å². The van der Waals surface area contributed by atoms with Crippen LogP contribution in [0.1, 0.15) is 86.0 Å². The number of fused-ring (bicyclic) bond motifs is 7. The third kappa shape index (κ3) is 2.90. The highest BCUT2D eigenvalue weighted by Gasteiger charge is 2.69. The van der Waals surface area contributed by atoms with Crippen LogP contribution in [0.4, 0.5) is 0 Å². The van der Waals surface area contributed by atoms with Crippen molar-refractivity contribution in [3.8, 4) is 6.07 Å². The molecule has 5 heteroatoms. The van der Waals surface area contributed by atoms with Crippen LogP contribution in [-0.4, -0.2) is 23.5 Å². The molecule has 0 aromatic carbocycles. The average Bonchev–Trinajstić information content (AvgIpc) is 2.76. The van der Waals surface area contributed by atoms with Crippen molar-refractivity contribution >= 4 is 18.0 Å². The van der Waals surface area contributed by atoms with Crippen molar-refractivity contribution in [1.82, 2.24) is 0 Å². The molecule has 7 atom stereocenters. The van der Waals surface area contributed by atoms with Crippen LogP contribution in [0.25, 0.3) is 0 Å². The number of allylic oxidation sites excluding steroid dienone is 4. The van der Waals surface area contributed by atoms with Crippen molar-refractivity contribution in [3.05, 3.63) is 23.3 Å². The van der Waals surface area contributed by atoms with Crippen molar-refractivity contribution in [2.75, 3.05) is 0 Å². The zero-order valence-electron chi connectivity index (χ0n) is 21.4. The van der Waals surface area contributed by atoms with Crippen LogP contribution in [0.3, 0.4) is 0 Å². The van der Waals surface area contributed by atoms with Crippen molar-refractivity contribution in [2.24, 2.45) is 39.4 Å². The molecular weight excluding hydrogens is 424 g/mol. The summed E-state index contributed by atoms with van der Waals surface area (Å²) in [5.74, 6) is 0.356. The predicted molar refractivity (Wildman–Crippen MR) is 128 cm³/mol. The molecule has 0 aromatic heterocycles. The van der Waals surface area contributed by atoms with E-state index in [4.69, 9.17) is 0 Å². The molecule has 3 fully saturated rings. The average molecular weight is 464 g/mol. The number of carbonyl (C=O) groups excluding carboxylic acids is 3. The summed E-state index contributed by atoms with van der Waals surface area (Å²) in [5, 5.41) is 11.5. The van der Waals surface area contributed by atoms with Gasteiger partial charge in [-0.2, -0.15) is 5.26 Å². The molecule has 182 valence electrons. The molecule has 3 saturated carbocycles. The number of primary amides is 1. The number of amides is 1. The van der Waals surface area contributed by atoms with Gasteiger partial charge >= 0.3 is 0 Å². The van der Waals surface area contributed by atoms with Gasteiger partial charge in [-0.15, -0.1) is 0 Å². The van der Waals surface area contributed by atoms with E-state index in [1.165, 1.54) is 0 Å². The SMILES string of the molecule is CC1(C)CCC2([NH2+]C=O)CCC3(C)C(C(=O)C=C4C5(C)C=C(C#N)C(=O)CC5CCC43C)C2C1. The smallest absolute Gasteiger partial charge is 0.295 e. The van der Waals surface area contributed by atoms with Gasteiger partial charge < -0.3 is 0 Å². The minimum atomic E-state index is -0.440. The van der Waals surface area contributed by atoms with Gasteiger partial charge in [0, 0.05) is 36.5 Å². The van der Waals surface area contributed by atoms with Crippen LogP contribution in [0.15, 0.2) is 23.3 Å². The predicted octanol–water partition coefficient (Wildman–Crippen LogP) is 4.04. The molecule has 0 spiro atoms. The quantitative estimate of drug-likeness (QED) is 0.626. The summed E-state index contributed by atoms with van der Waals surface area (Å²) in [6.07, 6.45) is 12.0. The van der Waals surface area contributed by atoms with Gasteiger partial charge in [-0.25, -0.2) is 4.79 Å². The standard InChI is InChI=1S/C29H38N2O3/c1-25(2)8-10-29(31-17-32)11-9-28(5)24(20(29)15-25)22(34)13-23-26(3)14-18(16-30)21(33)12-19(26)6-7-27(23,28)4/h13-14,17,19-20,24H,6-12,15H2,1-5H3,(H,31,32)/p+1. The summed E-state index contributed by atoms with van der Waals surface area (Å²) in [7, 11) is 0. The van der Waals surface area contributed by atoms with E-state index in [1.54, 1.807) is 0 Å². The van der Waals surface area contributed by atoms with Gasteiger partial charge in [0.2, 0.25) is 0 Å². The van der Waals surface area contributed by atoms with Crippen molar-refractivity contribution in [2.45, 2.75) is 91.5 Å². The van der Waals surface area contributed by atoms with Crippen LogP contribution in [0, 0.1) is 50.7 Å². The van der Waals surface area contributed by atoms with E-state index in [2.05, 4.69) is 40.7 Å². The topological polar surface area (TPSA) is 91.6 Å². The summed E-state index contributed by atoms with van der Waals surface area (Å²) < 4.78 is 0. The molecule has 1 amide bonds. The Bertz CT molecular complexity index is 1080. The van der Waals surface area contributed by atoms with E-state index in [9.17, 15) is 19.6 Å². The number of nitrogens with two attached hydrogens (primary N) is 1. The number of hydrogen-bond donors (Lipinski definition) is 1. The van der Waals surface area contributed by atoms with Gasteiger partial charge in [0.25, 0.3) is 6.41 Å². The minimum absolute atomic E-state index is 0.0586. The summed E-state index contributed by atoms with van der Waals surface area (Å²) in [6, 6.07) is 2.12. The van der Waals surface area contributed by atoms with Crippen LogP contribution in [-0.2, 0) is 14.4 Å².